The molecule has 0 spiro atoms. The highest BCUT2D eigenvalue weighted by Gasteiger charge is 2.08. The molecule has 0 aliphatic rings. The number of hydrogen-bond donors (Lipinski definition) is 1. The van der Waals surface area contributed by atoms with Gasteiger partial charge in [0.05, 0.1) is 0 Å². The summed E-state index contributed by atoms with van der Waals surface area (Å²) in [6, 6.07) is 7.72. The SMILES string of the molecule is Cc1nnc(NC(=O)CCn2ccc3c(Cl)cccc32)s1. The lowest BCUT2D eigenvalue weighted by molar-refractivity contribution is -0.116. The largest absolute Gasteiger partial charge is 0.347 e. The topological polar surface area (TPSA) is 59.8 Å². The normalized spacial score (nSPS) is 11.0. The monoisotopic (exact) mass is 320 g/mol. The number of carbonyl (C=O) groups is 1. The lowest BCUT2D eigenvalue weighted by Gasteiger charge is -2.05. The molecule has 3 aromatic rings. The van der Waals surface area contributed by atoms with Gasteiger partial charge in [-0.05, 0) is 25.1 Å². The number of fused-ring (bicyclic) bond motifs is 1. The van der Waals surface area contributed by atoms with Gasteiger partial charge in [0.15, 0.2) is 0 Å². The molecule has 0 atom stereocenters. The number of aromatic nitrogens is 3. The number of amides is 1. The summed E-state index contributed by atoms with van der Waals surface area (Å²) in [5.41, 5.74) is 1.03. The maximum absolute atomic E-state index is 11.9. The van der Waals surface area contributed by atoms with Crippen LogP contribution in [0.5, 0.6) is 0 Å². The first-order valence-corrected chi connectivity index (χ1v) is 7.66. The molecule has 0 fully saturated rings. The molecule has 0 radical (unpaired) electrons. The Morgan fingerprint density at radius 3 is 3.00 bits per heavy atom. The van der Waals surface area contributed by atoms with Crippen molar-refractivity contribution in [3.05, 3.63) is 40.5 Å². The van der Waals surface area contributed by atoms with Crippen LogP contribution in [0.4, 0.5) is 5.13 Å². The van der Waals surface area contributed by atoms with Crippen LogP contribution in [0.25, 0.3) is 10.9 Å². The van der Waals surface area contributed by atoms with Crippen molar-refractivity contribution in [2.75, 3.05) is 5.32 Å². The van der Waals surface area contributed by atoms with Crippen molar-refractivity contribution < 1.29 is 4.79 Å². The fourth-order valence-corrected chi connectivity index (χ4v) is 2.97. The van der Waals surface area contributed by atoms with Gasteiger partial charge in [-0.15, -0.1) is 10.2 Å². The molecule has 108 valence electrons. The number of hydrogen-bond acceptors (Lipinski definition) is 4. The lowest BCUT2D eigenvalue weighted by atomic mass is 10.2. The number of nitrogens with zero attached hydrogens (tertiary/aromatic N) is 3. The van der Waals surface area contributed by atoms with Gasteiger partial charge in [-0.25, -0.2) is 0 Å². The molecule has 3 rings (SSSR count). The van der Waals surface area contributed by atoms with Gasteiger partial charge in [-0.2, -0.15) is 0 Å². The van der Waals surface area contributed by atoms with E-state index >= 15 is 0 Å². The highest BCUT2D eigenvalue weighted by atomic mass is 35.5. The summed E-state index contributed by atoms with van der Waals surface area (Å²) >= 11 is 7.50. The summed E-state index contributed by atoms with van der Waals surface area (Å²) in [6.45, 7) is 2.44. The third kappa shape index (κ3) is 3.06. The molecule has 1 N–H and O–H groups in total. The van der Waals surface area contributed by atoms with E-state index in [4.69, 9.17) is 11.6 Å². The standard InChI is InChI=1S/C14H13ClN4OS/c1-9-17-18-14(21-9)16-13(20)6-8-19-7-5-10-11(15)3-2-4-12(10)19/h2-5,7H,6,8H2,1H3,(H,16,18,20). The first-order chi connectivity index (χ1) is 10.1. The third-order valence-corrected chi connectivity index (χ3v) is 4.20. The smallest absolute Gasteiger partial charge is 0.227 e. The number of halogens is 1. The van der Waals surface area contributed by atoms with Crippen molar-refractivity contribution in [2.24, 2.45) is 0 Å². The summed E-state index contributed by atoms with van der Waals surface area (Å²) in [7, 11) is 0. The maximum Gasteiger partial charge on any atom is 0.227 e. The fourth-order valence-electron chi connectivity index (χ4n) is 2.13. The van der Waals surface area contributed by atoms with E-state index in [2.05, 4.69) is 15.5 Å². The molecule has 0 aliphatic heterocycles. The Bertz CT molecular complexity index is 795. The zero-order chi connectivity index (χ0) is 14.8. The number of carbonyl (C=O) groups excluding carboxylic acids is 1. The van der Waals surface area contributed by atoms with Crippen LogP contribution in [0.2, 0.25) is 5.02 Å². The van der Waals surface area contributed by atoms with Crippen LogP contribution in [-0.4, -0.2) is 20.7 Å². The summed E-state index contributed by atoms with van der Waals surface area (Å²) in [5, 5.41) is 13.6. The molecule has 0 aliphatic carbocycles. The minimum Gasteiger partial charge on any atom is -0.347 e. The Hall–Kier alpha value is -1.92. The molecule has 7 heteroatoms. The molecule has 0 bridgehead atoms. The highest BCUT2D eigenvalue weighted by molar-refractivity contribution is 7.15. The summed E-state index contributed by atoms with van der Waals surface area (Å²) in [4.78, 5) is 11.9. The van der Waals surface area contributed by atoms with Crippen LogP contribution in [0, 0.1) is 6.92 Å². The van der Waals surface area contributed by atoms with Gasteiger partial charge in [-0.1, -0.05) is 29.0 Å². The van der Waals surface area contributed by atoms with E-state index in [1.807, 2.05) is 42.0 Å². The summed E-state index contributed by atoms with van der Waals surface area (Å²) in [6.07, 6.45) is 2.31. The van der Waals surface area contributed by atoms with E-state index in [9.17, 15) is 4.79 Å². The zero-order valence-corrected chi connectivity index (χ0v) is 12.9. The van der Waals surface area contributed by atoms with Crippen molar-refractivity contribution in [1.82, 2.24) is 14.8 Å². The Morgan fingerprint density at radius 1 is 1.38 bits per heavy atom. The molecule has 2 aromatic heterocycles. The summed E-state index contributed by atoms with van der Waals surface area (Å²) < 4.78 is 2.02. The molecule has 0 unspecified atom stereocenters. The predicted molar refractivity (Wildman–Crippen MR) is 84.8 cm³/mol. The van der Waals surface area contributed by atoms with Gasteiger partial charge < -0.3 is 9.88 Å². The first kappa shape index (κ1) is 14.0. The predicted octanol–water partition coefficient (Wildman–Crippen LogP) is 3.48. The van der Waals surface area contributed by atoms with E-state index < -0.39 is 0 Å². The minimum absolute atomic E-state index is 0.0740. The van der Waals surface area contributed by atoms with Crippen molar-refractivity contribution in [3.63, 3.8) is 0 Å². The molecule has 0 saturated heterocycles. The molecule has 0 saturated carbocycles. The van der Waals surface area contributed by atoms with Gasteiger partial charge in [0.2, 0.25) is 11.0 Å². The number of rotatable bonds is 4. The highest BCUT2D eigenvalue weighted by Crippen LogP contribution is 2.24. The number of aryl methyl sites for hydroxylation is 2. The number of nitrogens with one attached hydrogen (secondary N) is 1. The second kappa shape index (κ2) is 5.83. The molecule has 21 heavy (non-hydrogen) atoms. The van der Waals surface area contributed by atoms with Crippen molar-refractivity contribution in [3.8, 4) is 0 Å². The maximum atomic E-state index is 11.9. The molecule has 2 heterocycles. The lowest BCUT2D eigenvalue weighted by Crippen LogP contribution is -2.14. The average Bonchev–Trinajstić information content (AvgIpc) is 3.04. The quantitative estimate of drug-likeness (QED) is 0.800. The zero-order valence-electron chi connectivity index (χ0n) is 11.3. The van der Waals surface area contributed by atoms with E-state index in [1.54, 1.807) is 0 Å². The third-order valence-electron chi connectivity index (χ3n) is 3.11. The molecule has 5 nitrogen and oxygen atoms in total. The molecular formula is C14H13ClN4OS. The van der Waals surface area contributed by atoms with E-state index in [0.29, 0.717) is 18.1 Å². The Labute approximate surface area is 130 Å². The van der Waals surface area contributed by atoms with Crippen LogP contribution >= 0.6 is 22.9 Å². The van der Waals surface area contributed by atoms with Crippen LogP contribution < -0.4 is 5.32 Å². The van der Waals surface area contributed by atoms with E-state index in [-0.39, 0.29) is 5.91 Å². The first-order valence-electron chi connectivity index (χ1n) is 6.47. The van der Waals surface area contributed by atoms with Gasteiger partial charge in [-0.3, -0.25) is 4.79 Å². The van der Waals surface area contributed by atoms with Crippen LogP contribution in [0.3, 0.4) is 0 Å². The molecule has 1 aromatic carbocycles. The minimum atomic E-state index is -0.0740. The number of anilines is 1. The van der Waals surface area contributed by atoms with Gasteiger partial charge in [0.1, 0.15) is 5.01 Å². The fraction of sp³-hybridized carbons (Fsp3) is 0.214. The average molecular weight is 321 g/mol. The van der Waals surface area contributed by atoms with Crippen LogP contribution in [-0.2, 0) is 11.3 Å². The van der Waals surface area contributed by atoms with Crippen molar-refractivity contribution in [1.29, 1.82) is 0 Å². The van der Waals surface area contributed by atoms with Crippen molar-refractivity contribution in [2.45, 2.75) is 19.9 Å². The van der Waals surface area contributed by atoms with Gasteiger partial charge in [0.25, 0.3) is 0 Å². The second-order valence-corrected chi connectivity index (χ2v) is 6.20. The second-order valence-electron chi connectivity index (χ2n) is 4.61. The van der Waals surface area contributed by atoms with Crippen LogP contribution in [0.15, 0.2) is 30.5 Å². The van der Waals surface area contributed by atoms with Gasteiger partial charge in [0, 0.05) is 35.1 Å². The Morgan fingerprint density at radius 2 is 2.24 bits per heavy atom. The van der Waals surface area contributed by atoms with E-state index in [0.717, 1.165) is 20.9 Å². The molecule has 1 amide bonds. The van der Waals surface area contributed by atoms with E-state index in [1.165, 1.54) is 11.3 Å². The van der Waals surface area contributed by atoms with Gasteiger partial charge >= 0.3 is 0 Å². The summed E-state index contributed by atoms with van der Waals surface area (Å²) in [5.74, 6) is -0.0740. The van der Waals surface area contributed by atoms with Crippen LogP contribution in [0.1, 0.15) is 11.4 Å². The molecular weight excluding hydrogens is 308 g/mol. The number of benzene rings is 1. The Kier molecular flexibility index (Phi) is 3.90. The van der Waals surface area contributed by atoms with Crippen molar-refractivity contribution >= 4 is 44.9 Å². The Balaban J connectivity index is 1.66.